The molecule has 1 atom stereocenters. The molecule has 0 spiro atoms. The number of halogens is 5. The zero-order valence-electron chi connectivity index (χ0n) is 23.4. The number of hydrogen-bond acceptors (Lipinski definition) is 4. The highest BCUT2D eigenvalue weighted by molar-refractivity contribution is 7.80. The highest BCUT2D eigenvalue weighted by atomic mass is 35.5. The Morgan fingerprint density at radius 1 is 1.14 bits per heavy atom. The number of nitriles is 1. The molecule has 0 fully saturated rings. The Labute approximate surface area is 268 Å². The zero-order chi connectivity index (χ0) is 31.9. The first-order valence-electron chi connectivity index (χ1n) is 13.4. The van der Waals surface area contributed by atoms with Crippen LogP contribution in [0.25, 0.3) is 0 Å². The van der Waals surface area contributed by atoms with Crippen LogP contribution in [0.4, 0.5) is 18.9 Å². The van der Waals surface area contributed by atoms with Crippen molar-refractivity contribution in [3.8, 4) is 6.07 Å². The molecule has 0 aliphatic heterocycles. The molecular formula is C31H27Cl2F3N6OS. The fourth-order valence-electron chi connectivity index (χ4n) is 4.46. The lowest BCUT2D eigenvalue weighted by molar-refractivity contribution is -0.137. The molecule has 1 heterocycles. The number of imidazole rings is 1. The van der Waals surface area contributed by atoms with Gasteiger partial charge in [-0.3, -0.25) is 4.79 Å². The lowest BCUT2D eigenvalue weighted by Crippen LogP contribution is -2.45. The molecule has 0 saturated carbocycles. The van der Waals surface area contributed by atoms with Crippen LogP contribution < -0.4 is 10.6 Å². The van der Waals surface area contributed by atoms with Gasteiger partial charge in [-0.25, -0.2) is 4.98 Å². The largest absolute Gasteiger partial charge is 0.416 e. The first kappa shape index (κ1) is 32.8. The fourth-order valence-corrected chi connectivity index (χ4v) is 5.09. The van der Waals surface area contributed by atoms with Gasteiger partial charge in [-0.1, -0.05) is 53.5 Å². The third-order valence-electron chi connectivity index (χ3n) is 6.60. The van der Waals surface area contributed by atoms with E-state index in [4.69, 9.17) is 40.7 Å². The van der Waals surface area contributed by atoms with Gasteiger partial charge in [0.25, 0.3) is 0 Å². The minimum Gasteiger partial charge on any atom is -0.352 e. The number of aromatic nitrogens is 2. The molecule has 228 valence electrons. The maximum absolute atomic E-state index is 13.3. The Kier molecular flexibility index (Phi) is 10.9. The number of carbonyl (C=O) groups is 1. The first-order valence-corrected chi connectivity index (χ1v) is 14.5. The normalized spacial score (nSPS) is 11.8. The SMILES string of the molecule is C[C@@H](CN(Cc1cccc(Cl)c1Cl)C(=S)Nc1cccc(C(F)(F)F)c1)NC(=O)Cc1cncn1Cc1ccc(C#N)cc1. The highest BCUT2D eigenvalue weighted by Crippen LogP contribution is 2.31. The van der Waals surface area contributed by atoms with E-state index in [-0.39, 0.29) is 36.2 Å². The predicted octanol–water partition coefficient (Wildman–Crippen LogP) is 7.08. The van der Waals surface area contributed by atoms with Crippen molar-refractivity contribution in [3.05, 3.63) is 117 Å². The van der Waals surface area contributed by atoms with Crippen LogP contribution >= 0.6 is 35.4 Å². The molecule has 1 aromatic heterocycles. The number of benzene rings is 3. The Morgan fingerprint density at radius 3 is 2.57 bits per heavy atom. The molecule has 0 saturated heterocycles. The summed E-state index contributed by atoms with van der Waals surface area (Å²) in [5.74, 6) is -0.253. The van der Waals surface area contributed by atoms with E-state index in [1.165, 1.54) is 12.1 Å². The Morgan fingerprint density at radius 2 is 1.86 bits per heavy atom. The average molecular weight is 660 g/mol. The van der Waals surface area contributed by atoms with Gasteiger partial charge in [0.05, 0.1) is 40.0 Å². The molecule has 13 heteroatoms. The molecule has 7 nitrogen and oxygen atoms in total. The van der Waals surface area contributed by atoms with Crippen LogP contribution in [0.3, 0.4) is 0 Å². The van der Waals surface area contributed by atoms with Crippen molar-refractivity contribution in [3.63, 3.8) is 0 Å². The number of hydrogen-bond donors (Lipinski definition) is 2. The lowest BCUT2D eigenvalue weighted by atomic mass is 10.1. The Balaban J connectivity index is 1.44. The number of alkyl halides is 3. The number of nitrogens with one attached hydrogen (secondary N) is 2. The van der Waals surface area contributed by atoms with Crippen molar-refractivity contribution < 1.29 is 18.0 Å². The third kappa shape index (κ3) is 8.95. The summed E-state index contributed by atoms with van der Waals surface area (Å²) in [5.41, 5.74) is 2.22. The standard InChI is InChI=1S/C31H27Cl2F3N6OS/c1-20(39-28(43)13-26-15-38-19-42(26)17-22-10-8-21(14-37)9-11-22)16-41(18-23-4-2-7-27(32)29(23)33)30(44)40-25-6-3-5-24(12-25)31(34,35)36/h2-12,15,19-20H,13,16-18H2,1H3,(H,39,43)(H,40,44)/t20-/m0/s1. The molecule has 0 radical (unpaired) electrons. The van der Waals surface area contributed by atoms with E-state index >= 15 is 0 Å². The third-order valence-corrected chi connectivity index (χ3v) is 7.82. The first-order chi connectivity index (χ1) is 20.9. The topological polar surface area (TPSA) is 86.0 Å². The van der Waals surface area contributed by atoms with Crippen LogP contribution in [0.15, 0.2) is 79.3 Å². The summed E-state index contributed by atoms with van der Waals surface area (Å²) in [4.78, 5) is 18.9. The number of anilines is 1. The summed E-state index contributed by atoms with van der Waals surface area (Å²) in [6, 6.07) is 18.7. The summed E-state index contributed by atoms with van der Waals surface area (Å²) in [5, 5.41) is 15.7. The van der Waals surface area contributed by atoms with Crippen molar-refractivity contribution in [1.82, 2.24) is 19.8 Å². The van der Waals surface area contributed by atoms with E-state index in [0.717, 1.165) is 17.7 Å². The summed E-state index contributed by atoms with van der Waals surface area (Å²) < 4.78 is 41.7. The molecule has 0 aliphatic carbocycles. The number of rotatable bonds is 10. The molecule has 0 unspecified atom stereocenters. The number of amides is 1. The van der Waals surface area contributed by atoms with E-state index in [1.807, 2.05) is 16.7 Å². The van der Waals surface area contributed by atoms with Gasteiger partial charge in [-0.15, -0.1) is 0 Å². The summed E-state index contributed by atoms with van der Waals surface area (Å²) >= 11 is 18.2. The lowest BCUT2D eigenvalue weighted by Gasteiger charge is -2.30. The molecule has 4 rings (SSSR count). The minimum absolute atomic E-state index is 0.0632. The van der Waals surface area contributed by atoms with Crippen molar-refractivity contribution in [2.75, 3.05) is 11.9 Å². The smallest absolute Gasteiger partial charge is 0.352 e. The number of thiocarbonyl (C=S) groups is 1. The number of carbonyl (C=O) groups excluding carboxylic acids is 1. The summed E-state index contributed by atoms with van der Waals surface area (Å²) in [6.45, 7) is 2.67. The van der Waals surface area contributed by atoms with E-state index in [9.17, 15) is 18.0 Å². The predicted molar refractivity (Wildman–Crippen MR) is 168 cm³/mol. The van der Waals surface area contributed by atoms with Crippen molar-refractivity contribution in [2.45, 2.75) is 38.7 Å². The van der Waals surface area contributed by atoms with Gasteiger partial charge < -0.3 is 20.1 Å². The van der Waals surface area contributed by atoms with Crippen LogP contribution in [-0.2, 0) is 30.5 Å². The van der Waals surface area contributed by atoms with E-state index < -0.39 is 17.8 Å². The summed E-state index contributed by atoms with van der Waals surface area (Å²) in [7, 11) is 0. The van der Waals surface area contributed by atoms with Gasteiger partial charge in [0.2, 0.25) is 5.91 Å². The van der Waals surface area contributed by atoms with E-state index in [2.05, 4.69) is 21.7 Å². The molecule has 0 bridgehead atoms. The molecule has 1 amide bonds. The Bertz CT molecular complexity index is 1670. The minimum atomic E-state index is -4.51. The van der Waals surface area contributed by atoms with Gasteiger partial charge in [0.15, 0.2) is 5.11 Å². The van der Waals surface area contributed by atoms with Crippen LogP contribution in [0.2, 0.25) is 10.0 Å². The number of nitrogens with zero attached hydrogens (tertiary/aromatic N) is 4. The monoisotopic (exact) mass is 658 g/mol. The molecular weight excluding hydrogens is 632 g/mol. The van der Waals surface area contributed by atoms with E-state index in [0.29, 0.717) is 33.4 Å². The average Bonchev–Trinajstić information content (AvgIpc) is 3.40. The maximum Gasteiger partial charge on any atom is 0.416 e. The van der Waals surface area contributed by atoms with Crippen LogP contribution in [-0.4, -0.2) is 38.1 Å². The van der Waals surface area contributed by atoms with Gasteiger partial charge >= 0.3 is 6.18 Å². The second-order valence-electron chi connectivity index (χ2n) is 10.1. The second-order valence-corrected chi connectivity index (χ2v) is 11.2. The van der Waals surface area contributed by atoms with Crippen LogP contribution in [0.5, 0.6) is 0 Å². The van der Waals surface area contributed by atoms with Gasteiger partial charge in [-0.2, -0.15) is 18.4 Å². The molecule has 4 aromatic rings. The fraction of sp³-hybridized carbons (Fsp3) is 0.226. The highest BCUT2D eigenvalue weighted by Gasteiger charge is 2.30. The Hall–Kier alpha value is -4.11. The van der Waals surface area contributed by atoms with Gasteiger partial charge in [0, 0.05) is 43.3 Å². The van der Waals surface area contributed by atoms with Crippen molar-refractivity contribution in [2.24, 2.45) is 0 Å². The van der Waals surface area contributed by atoms with Crippen LogP contribution in [0, 0.1) is 11.3 Å². The molecule has 44 heavy (non-hydrogen) atoms. The maximum atomic E-state index is 13.3. The quantitative estimate of drug-likeness (QED) is 0.177. The molecule has 0 aliphatic rings. The van der Waals surface area contributed by atoms with Crippen molar-refractivity contribution >= 4 is 52.1 Å². The van der Waals surface area contributed by atoms with Crippen molar-refractivity contribution in [1.29, 1.82) is 5.26 Å². The van der Waals surface area contributed by atoms with Gasteiger partial charge in [-0.05, 0) is 66.7 Å². The molecule has 3 aromatic carbocycles. The van der Waals surface area contributed by atoms with E-state index in [1.54, 1.807) is 54.7 Å². The van der Waals surface area contributed by atoms with Gasteiger partial charge in [0.1, 0.15) is 0 Å². The zero-order valence-corrected chi connectivity index (χ0v) is 25.7. The second kappa shape index (κ2) is 14.6. The van der Waals surface area contributed by atoms with Crippen LogP contribution in [0.1, 0.15) is 34.9 Å². The molecule has 2 N–H and O–H groups in total. The summed E-state index contributed by atoms with van der Waals surface area (Å²) in [6.07, 6.45) is -1.19.